The number of nitrogens with one attached hydrogen (secondary N) is 1. The minimum atomic E-state index is -0.818. The van der Waals surface area contributed by atoms with Gasteiger partial charge in [-0.15, -0.1) is 15.0 Å². The fourth-order valence-electron chi connectivity index (χ4n) is 2.55. The standard InChI is InChI=1S/C20H17ClN6O3/c1-2-17(27-25-19(24-26-27)14-5-7-15(21)8-6-14)20(29)30-12-18(28)23-16-9-3-13(11-22)4-10-16/h3-10,17H,2,12H2,1H3,(H,23,28)/t17-/m0/s1. The lowest BCUT2D eigenvalue weighted by Crippen LogP contribution is -2.27. The number of anilines is 1. The Kier molecular flexibility index (Phi) is 6.72. The van der Waals surface area contributed by atoms with E-state index >= 15 is 0 Å². The number of tetrazole rings is 1. The predicted molar refractivity (Wildman–Crippen MR) is 108 cm³/mol. The van der Waals surface area contributed by atoms with Crippen molar-refractivity contribution in [1.82, 2.24) is 20.2 Å². The van der Waals surface area contributed by atoms with Crippen LogP contribution >= 0.6 is 11.6 Å². The number of ether oxygens (including phenoxy) is 1. The zero-order valence-electron chi connectivity index (χ0n) is 15.9. The molecule has 0 aliphatic rings. The van der Waals surface area contributed by atoms with Crippen molar-refractivity contribution < 1.29 is 14.3 Å². The van der Waals surface area contributed by atoms with Crippen LogP contribution in [0.4, 0.5) is 5.69 Å². The van der Waals surface area contributed by atoms with Crippen LogP contribution in [0.15, 0.2) is 48.5 Å². The summed E-state index contributed by atoms with van der Waals surface area (Å²) >= 11 is 5.88. The van der Waals surface area contributed by atoms with Gasteiger partial charge in [-0.1, -0.05) is 18.5 Å². The van der Waals surface area contributed by atoms with Crippen LogP contribution in [0.25, 0.3) is 11.4 Å². The minimum absolute atomic E-state index is 0.344. The lowest BCUT2D eigenvalue weighted by Gasteiger charge is -2.12. The first-order valence-corrected chi connectivity index (χ1v) is 9.40. The number of carbonyl (C=O) groups excluding carboxylic acids is 2. The number of amides is 1. The van der Waals surface area contributed by atoms with Gasteiger partial charge in [-0.3, -0.25) is 4.79 Å². The molecule has 1 atom stereocenters. The highest BCUT2D eigenvalue weighted by atomic mass is 35.5. The lowest BCUT2D eigenvalue weighted by molar-refractivity contribution is -0.151. The second-order valence-electron chi connectivity index (χ2n) is 6.21. The number of nitrogens with zero attached hydrogens (tertiary/aromatic N) is 5. The Bertz CT molecular complexity index is 1070. The van der Waals surface area contributed by atoms with Gasteiger partial charge in [-0.2, -0.15) is 5.26 Å². The van der Waals surface area contributed by atoms with Crippen LogP contribution < -0.4 is 5.32 Å². The molecule has 1 aromatic heterocycles. The molecule has 1 amide bonds. The van der Waals surface area contributed by atoms with E-state index in [1.54, 1.807) is 55.5 Å². The van der Waals surface area contributed by atoms with Crippen molar-refractivity contribution in [2.75, 3.05) is 11.9 Å². The Labute approximate surface area is 177 Å². The summed E-state index contributed by atoms with van der Waals surface area (Å²) in [6.07, 6.45) is 0.354. The molecule has 2 aromatic carbocycles. The Morgan fingerprint density at radius 1 is 1.20 bits per heavy atom. The van der Waals surface area contributed by atoms with Gasteiger partial charge in [0.15, 0.2) is 12.6 Å². The number of halogens is 1. The third kappa shape index (κ3) is 5.18. The van der Waals surface area contributed by atoms with Gasteiger partial charge in [0.1, 0.15) is 0 Å². The molecule has 152 valence electrons. The smallest absolute Gasteiger partial charge is 0.333 e. The van der Waals surface area contributed by atoms with Crippen LogP contribution in [-0.2, 0) is 14.3 Å². The number of nitriles is 1. The average Bonchev–Trinajstić information content (AvgIpc) is 3.23. The maximum atomic E-state index is 12.4. The Morgan fingerprint density at radius 3 is 2.53 bits per heavy atom. The summed E-state index contributed by atoms with van der Waals surface area (Å²) in [5.74, 6) is -0.805. The molecule has 3 rings (SSSR count). The number of hydrogen-bond donors (Lipinski definition) is 1. The normalized spacial score (nSPS) is 11.4. The Hall–Kier alpha value is -3.77. The highest BCUT2D eigenvalue weighted by molar-refractivity contribution is 6.30. The summed E-state index contributed by atoms with van der Waals surface area (Å²) in [5.41, 5.74) is 1.67. The zero-order valence-corrected chi connectivity index (χ0v) is 16.7. The van der Waals surface area contributed by atoms with Gasteiger partial charge in [0, 0.05) is 16.3 Å². The molecule has 10 heteroatoms. The number of esters is 1. The molecule has 30 heavy (non-hydrogen) atoms. The Balaban J connectivity index is 1.58. The maximum Gasteiger partial charge on any atom is 0.333 e. The van der Waals surface area contributed by atoms with Crippen molar-refractivity contribution in [3.05, 3.63) is 59.1 Å². The minimum Gasteiger partial charge on any atom is -0.454 e. The topological polar surface area (TPSA) is 123 Å². The van der Waals surface area contributed by atoms with Crippen molar-refractivity contribution in [1.29, 1.82) is 5.26 Å². The number of rotatable bonds is 7. The molecular weight excluding hydrogens is 408 g/mol. The third-order valence-electron chi connectivity index (χ3n) is 4.11. The second-order valence-corrected chi connectivity index (χ2v) is 6.65. The first-order chi connectivity index (χ1) is 14.5. The van der Waals surface area contributed by atoms with Gasteiger partial charge in [-0.05, 0) is 60.2 Å². The highest BCUT2D eigenvalue weighted by Gasteiger charge is 2.24. The number of aromatic nitrogens is 4. The fourth-order valence-corrected chi connectivity index (χ4v) is 2.68. The number of carbonyl (C=O) groups is 2. The summed E-state index contributed by atoms with van der Waals surface area (Å²) in [6, 6.07) is 14.4. The molecule has 0 saturated carbocycles. The molecule has 0 saturated heterocycles. The van der Waals surface area contributed by atoms with Gasteiger partial charge in [-0.25, -0.2) is 4.79 Å². The molecule has 1 N–H and O–H groups in total. The van der Waals surface area contributed by atoms with Crippen LogP contribution in [0.3, 0.4) is 0 Å². The van der Waals surface area contributed by atoms with E-state index < -0.39 is 24.5 Å². The molecule has 0 aliphatic carbocycles. The SMILES string of the molecule is CC[C@@H](C(=O)OCC(=O)Nc1ccc(C#N)cc1)n1nnc(-c2ccc(Cl)cc2)n1. The molecule has 1 heterocycles. The van der Waals surface area contributed by atoms with Crippen LogP contribution in [0.2, 0.25) is 5.02 Å². The van der Waals surface area contributed by atoms with E-state index in [4.69, 9.17) is 21.6 Å². The molecule has 0 spiro atoms. The van der Waals surface area contributed by atoms with Crippen molar-refractivity contribution in [2.24, 2.45) is 0 Å². The second kappa shape index (κ2) is 9.62. The summed E-state index contributed by atoms with van der Waals surface area (Å²) in [5, 5.41) is 24.1. The lowest BCUT2D eigenvalue weighted by atomic mass is 10.2. The summed E-state index contributed by atoms with van der Waals surface area (Å²) in [4.78, 5) is 25.6. The van der Waals surface area contributed by atoms with Gasteiger partial charge < -0.3 is 10.1 Å². The first kappa shape index (κ1) is 21.0. The van der Waals surface area contributed by atoms with E-state index in [2.05, 4.69) is 20.7 Å². The molecular formula is C20H17ClN6O3. The molecule has 0 fully saturated rings. The van der Waals surface area contributed by atoms with Crippen molar-refractivity contribution in [3.8, 4) is 17.5 Å². The molecule has 0 radical (unpaired) electrons. The van der Waals surface area contributed by atoms with E-state index in [0.29, 0.717) is 34.1 Å². The highest BCUT2D eigenvalue weighted by Crippen LogP contribution is 2.19. The van der Waals surface area contributed by atoms with Gasteiger partial charge in [0.05, 0.1) is 11.6 Å². The van der Waals surface area contributed by atoms with E-state index in [-0.39, 0.29) is 0 Å². The van der Waals surface area contributed by atoms with Crippen LogP contribution in [0.5, 0.6) is 0 Å². The monoisotopic (exact) mass is 424 g/mol. The summed E-state index contributed by atoms with van der Waals surface area (Å²) < 4.78 is 5.11. The molecule has 9 nitrogen and oxygen atoms in total. The summed E-state index contributed by atoms with van der Waals surface area (Å²) in [6.45, 7) is 1.31. The summed E-state index contributed by atoms with van der Waals surface area (Å²) in [7, 11) is 0. The van der Waals surface area contributed by atoms with Gasteiger partial charge in [0.25, 0.3) is 5.91 Å². The van der Waals surface area contributed by atoms with Gasteiger partial charge >= 0.3 is 5.97 Å². The Morgan fingerprint density at radius 2 is 1.90 bits per heavy atom. The first-order valence-electron chi connectivity index (χ1n) is 9.02. The van der Waals surface area contributed by atoms with Crippen molar-refractivity contribution >= 4 is 29.2 Å². The fraction of sp³-hybridized carbons (Fsp3) is 0.200. The van der Waals surface area contributed by atoms with E-state index in [9.17, 15) is 9.59 Å². The van der Waals surface area contributed by atoms with Crippen LogP contribution in [-0.4, -0.2) is 38.7 Å². The molecule has 0 bridgehead atoms. The van der Waals surface area contributed by atoms with E-state index in [1.807, 2.05) is 6.07 Å². The largest absolute Gasteiger partial charge is 0.454 e. The third-order valence-corrected chi connectivity index (χ3v) is 4.36. The van der Waals surface area contributed by atoms with Crippen LogP contribution in [0, 0.1) is 11.3 Å². The van der Waals surface area contributed by atoms with Crippen molar-refractivity contribution in [2.45, 2.75) is 19.4 Å². The van der Waals surface area contributed by atoms with Crippen LogP contribution in [0.1, 0.15) is 24.9 Å². The molecule has 3 aromatic rings. The van der Waals surface area contributed by atoms with E-state index in [0.717, 1.165) is 0 Å². The maximum absolute atomic E-state index is 12.4. The van der Waals surface area contributed by atoms with Gasteiger partial charge in [0.2, 0.25) is 5.82 Å². The van der Waals surface area contributed by atoms with Crippen molar-refractivity contribution in [3.63, 3.8) is 0 Å². The van der Waals surface area contributed by atoms with E-state index in [1.165, 1.54) is 4.80 Å². The molecule has 0 aliphatic heterocycles. The number of hydrogen-bond acceptors (Lipinski definition) is 7. The number of benzene rings is 2. The molecule has 0 unspecified atom stereocenters. The predicted octanol–water partition coefficient (Wildman–Crippen LogP) is 3.00. The average molecular weight is 425 g/mol. The zero-order chi connectivity index (χ0) is 21.5. The quantitative estimate of drug-likeness (QED) is 0.578.